The Morgan fingerprint density at radius 3 is 2.75 bits per heavy atom. The van der Waals surface area contributed by atoms with E-state index >= 15 is 0 Å². The fourth-order valence-electron chi connectivity index (χ4n) is 2.80. The maximum Gasteiger partial charge on any atom is 0.325 e. The number of fused-ring (bicyclic) bond motifs is 1. The summed E-state index contributed by atoms with van der Waals surface area (Å²) in [7, 11) is 0. The monoisotopic (exact) mass is 415 g/mol. The van der Waals surface area contributed by atoms with Crippen molar-refractivity contribution in [2.45, 2.75) is 29.5 Å². The summed E-state index contributed by atoms with van der Waals surface area (Å²) in [4.78, 5) is 28.8. The van der Waals surface area contributed by atoms with Crippen LogP contribution in [0, 0.1) is 6.92 Å². The van der Waals surface area contributed by atoms with Crippen molar-refractivity contribution in [1.29, 1.82) is 0 Å². The van der Waals surface area contributed by atoms with E-state index in [0.717, 1.165) is 9.90 Å². The predicted molar refractivity (Wildman–Crippen MR) is 108 cm³/mol. The van der Waals surface area contributed by atoms with Gasteiger partial charge in [0.1, 0.15) is 0 Å². The molecule has 0 amide bonds. The van der Waals surface area contributed by atoms with E-state index in [1.165, 1.54) is 23.1 Å². The fourth-order valence-corrected chi connectivity index (χ4v) is 4.77. The van der Waals surface area contributed by atoms with Crippen LogP contribution in [0.2, 0.25) is 0 Å². The van der Waals surface area contributed by atoms with Crippen LogP contribution in [0.15, 0.2) is 44.3 Å². The number of benzene rings is 1. The molecule has 1 atom stereocenters. The Hall–Kier alpha value is -2.76. The molecule has 0 spiro atoms. The van der Waals surface area contributed by atoms with Gasteiger partial charge >= 0.3 is 5.69 Å². The van der Waals surface area contributed by atoms with Crippen molar-refractivity contribution in [2.75, 3.05) is 0 Å². The standard InChI is InChI=1S/C17H17N7O2S2/c1-9-11(14(25)20-15(26)19-9)8-27-17-23-24-13(21-22-16(24)28-17)12(18)7-10-5-3-2-4-6-10/h2-6,12H,7-8,18H2,1H3,(H2,19,20,25,26). The molecule has 144 valence electrons. The zero-order valence-electron chi connectivity index (χ0n) is 14.9. The number of hydrogen-bond donors (Lipinski definition) is 3. The van der Waals surface area contributed by atoms with Gasteiger partial charge < -0.3 is 10.7 Å². The SMILES string of the molecule is Cc1[nH]c(=O)[nH]c(=O)c1CSc1nn2c(C(N)Cc3ccccc3)nnc2s1. The Bertz CT molecular complexity index is 1230. The molecule has 3 aromatic heterocycles. The lowest BCUT2D eigenvalue weighted by Gasteiger charge is -2.08. The minimum atomic E-state index is -0.507. The molecule has 0 radical (unpaired) electrons. The number of H-pyrrole nitrogens is 2. The van der Waals surface area contributed by atoms with Gasteiger partial charge in [-0.05, 0) is 18.9 Å². The molecule has 0 aliphatic heterocycles. The summed E-state index contributed by atoms with van der Waals surface area (Å²) in [5.74, 6) is 0.980. The van der Waals surface area contributed by atoms with Crippen molar-refractivity contribution in [3.05, 3.63) is 73.8 Å². The van der Waals surface area contributed by atoms with Crippen LogP contribution in [0.4, 0.5) is 0 Å². The summed E-state index contributed by atoms with van der Waals surface area (Å²) in [6.07, 6.45) is 0.633. The summed E-state index contributed by atoms with van der Waals surface area (Å²) in [6.45, 7) is 1.70. The molecule has 0 saturated carbocycles. The Kier molecular flexibility index (Phi) is 5.11. The maximum absolute atomic E-state index is 12.0. The van der Waals surface area contributed by atoms with Crippen molar-refractivity contribution < 1.29 is 0 Å². The molecule has 4 aromatic rings. The summed E-state index contributed by atoms with van der Waals surface area (Å²) in [5, 5.41) is 12.9. The number of rotatable bonds is 6. The van der Waals surface area contributed by atoms with Crippen molar-refractivity contribution in [3.63, 3.8) is 0 Å². The first kappa shape index (κ1) is 18.6. The molecule has 0 saturated heterocycles. The minimum Gasteiger partial charge on any atom is -0.321 e. The molecule has 28 heavy (non-hydrogen) atoms. The zero-order chi connectivity index (χ0) is 19.7. The van der Waals surface area contributed by atoms with Gasteiger partial charge in [0, 0.05) is 17.0 Å². The Morgan fingerprint density at radius 1 is 1.21 bits per heavy atom. The van der Waals surface area contributed by atoms with E-state index in [-0.39, 0.29) is 11.6 Å². The molecule has 1 unspecified atom stereocenters. The number of nitrogens with zero attached hydrogens (tertiary/aromatic N) is 4. The Balaban J connectivity index is 1.53. The van der Waals surface area contributed by atoms with E-state index < -0.39 is 5.69 Å². The molecule has 0 fully saturated rings. The number of hydrogen-bond acceptors (Lipinski definition) is 8. The van der Waals surface area contributed by atoms with E-state index in [1.54, 1.807) is 11.4 Å². The number of thioether (sulfide) groups is 1. The van der Waals surface area contributed by atoms with Crippen LogP contribution >= 0.6 is 23.1 Å². The van der Waals surface area contributed by atoms with Crippen LogP contribution in [0.5, 0.6) is 0 Å². The average Bonchev–Trinajstić information content (AvgIpc) is 3.21. The lowest BCUT2D eigenvalue weighted by atomic mass is 10.1. The van der Waals surface area contributed by atoms with Gasteiger partial charge in [-0.15, -0.1) is 15.3 Å². The molecule has 1 aromatic carbocycles. The molecule has 0 bridgehead atoms. The Morgan fingerprint density at radius 2 is 2.00 bits per heavy atom. The van der Waals surface area contributed by atoms with Crippen LogP contribution in [-0.4, -0.2) is 29.8 Å². The van der Waals surface area contributed by atoms with Gasteiger partial charge in [0.25, 0.3) is 5.56 Å². The number of aromatic nitrogens is 6. The first-order valence-corrected chi connectivity index (χ1v) is 10.3. The first-order valence-electron chi connectivity index (χ1n) is 8.48. The van der Waals surface area contributed by atoms with Crippen LogP contribution in [-0.2, 0) is 12.2 Å². The minimum absolute atomic E-state index is 0.332. The second kappa shape index (κ2) is 7.70. The van der Waals surface area contributed by atoms with Gasteiger partial charge in [-0.2, -0.15) is 4.52 Å². The number of aromatic amines is 2. The number of nitrogens with one attached hydrogen (secondary N) is 2. The third-order valence-electron chi connectivity index (χ3n) is 4.22. The summed E-state index contributed by atoms with van der Waals surface area (Å²) in [6, 6.07) is 9.61. The van der Waals surface area contributed by atoms with Crippen molar-refractivity contribution in [2.24, 2.45) is 5.73 Å². The topological polar surface area (TPSA) is 135 Å². The lowest BCUT2D eigenvalue weighted by Crippen LogP contribution is -2.26. The highest BCUT2D eigenvalue weighted by atomic mass is 32.2. The molecule has 0 aliphatic rings. The van der Waals surface area contributed by atoms with E-state index in [1.807, 2.05) is 30.3 Å². The van der Waals surface area contributed by atoms with E-state index in [2.05, 4.69) is 25.3 Å². The third kappa shape index (κ3) is 3.77. The molecule has 3 heterocycles. The summed E-state index contributed by atoms with van der Waals surface area (Å²) >= 11 is 2.78. The van der Waals surface area contributed by atoms with Gasteiger partial charge in [-0.25, -0.2) is 4.79 Å². The highest BCUT2D eigenvalue weighted by molar-refractivity contribution is 8.00. The van der Waals surface area contributed by atoms with Gasteiger partial charge in [0.2, 0.25) is 4.96 Å². The smallest absolute Gasteiger partial charge is 0.321 e. The molecular weight excluding hydrogens is 398 g/mol. The van der Waals surface area contributed by atoms with Gasteiger partial charge in [0.15, 0.2) is 10.2 Å². The highest BCUT2D eigenvalue weighted by Gasteiger charge is 2.19. The summed E-state index contributed by atoms with van der Waals surface area (Å²) < 4.78 is 2.40. The second-order valence-corrected chi connectivity index (χ2v) is 8.40. The van der Waals surface area contributed by atoms with Gasteiger partial charge in [0.05, 0.1) is 6.04 Å². The van der Waals surface area contributed by atoms with Crippen LogP contribution in [0.1, 0.15) is 28.7 Å². The number of nitrogens with two attached hydrogens (primary N) is 1. The van der Waals surface area contributed by atoms with Crippen LogP contribution in [0.3, 0.4) is 0 Å². The molecule has 4 rings (SSSR count). The average molecular weight is 416 g/mol. The van der Waals surface area contributed by atoms with Crippen molar-refractivity contribution in [3.8, 4) is 0 Å². The third-order valence-corrected chi connectivity index (χ3v) is 6.28. The second-order valence-electron chi connectivity index (χ2n) is 6.22. The zero-order valence-corrected chi connectivity index (χ0v) is 16.5. The quantitative estimate of drug-likeness (QED) is 0.405. The van der Waals surface area contributed by atoms with Gasteiger partial charge in [-0.1, -0.05) is 53.4 Å². The van der Waals surface area contributed by atoms with E-state index in [0.29, 0.717) is 34.2 Å². The molecule has 9 nitrogen and oxygen atoms in total. The van der Waals surface area contributed by atoms with Crippen LogP contribution < -0.4 is 17.0 Å². The van der Waals surface area contributed by atoms with Crippen molar-refractivity contribution in [1.82, 2.24) is 29.8 Å². The summed E-state index contributed by atoms with van der Waals surface area (Å²) in [5.41, 5.74) is 7.60. The molecule has 11 heteroatoms. The largest absolute Gasteiger partial charge is 0.325 e. The lowest BCUT2D eigenvalue weighted by molar-refractivity contribution is 0.635. The predicted octanol–water partition coefficient (Wildman–Crippen LogP) is 1.41. The first-order chi connectivity index (χ1) is 13.5. The van der Waals surface area contributed by atoms with E-state index in [9.17, 15) is 9.59 Å². The van der Waals surface area contributed by atoms with Crippen LogP contribution in [0.25, 0.3) is 4.96 Å². The highest BCUT2D eigenvalue weighted by Crippen LogP contribution is 2.28. The molecule has 0 aliphatic carbocycles. The number of aryl methyl sites for hydroxylation is 1. The maximum atomic E-state index is 12.0. The normalized spacial score (nSPS) is 12.5. The fraction of sp³-hybridized carbons (Fsp3) is 0.235. The molecule has 4 N–H and O–H groups in total. The van der Waals surface area contributed by atoms with Gasteiger partial charge in [-0.3, -0.25) is 9.78 Å². The Labute approximate surface area is 167 Å². The van der Waals surface area contributed by atoms with E-state index in [4.69, 9.17) is 5.73 Å². The van der Waals surface area contributed by atoms with Crippen molar-refractivity contribution >= 4 is 28.1 Å². The molecular formula is C17H17N7O2S2.